The number of methoxy groups -OCH3 is 1. The lowest BCUT2D eigenvalue weighted by molar-refractivity contribution is -0.130. The van der Waals surface area contributed by atoms with E-state index in [1.807, 2.05) is 41.6 Å². The van der Waals surface area contributed by atoms with E-state index in [9.17, 15) is 4.79 Å². The minimum atomic E-state index is 0.172. The maximum absolute atomic E-state index is 12.8. The van der Waals surface area contributed by atoms with Gasteiger partial charge in [-0.1, -0.05) is 24.3 Å². The van der Waals surface area contributed by atoms with Gasteiger partial charge in [0.1, 0.15) is 11.4 Å². The Morgan fingerprint density at radius 3 is 2.89 bits per heavy atom. The lowest BCUT2D eigenvalue weighted by Crippen LogP contribution is -2.36. The summed E-state index contributed by atoms with van der Waals surface area (Å²) in [5, 5.41) is 0. The molecule has 1 aromatic carbocycles. The smallest absolute Gasteiger partial charge is 0.227 e. The molecule has 0 unspecified atom stereocenters. The molecule has 6 nitrogen and oxygen atoms in total. The van der Waals surface area contributed by atoms with E-state index in [2.05, 4.69) is 32.6 Å². The van der Waals surface area contributed by atoms with Crippen molar-refractivity contribution >= 4 is 11.6 Å². The Labute approximate surface area is 165 Å². The molecule has 0 radical (unpaired) electrons. The monoisotopic (exact) mass is 378 g/mol. The molecule has 1 fully saturated rings. The van der Waals surface area contributed by atoms with E-state index in [0.29, 0.717) is 6.42 Å². The molecule has 0 N–H and O–H groups in total. The molecular weight excluding hydrogens is 352 g/mol. The van der Waals surface area contributed by atoms with Crippen LogP contribution in [0.3, 0.4) is 0 Å². The van der Waals surface area contributed by atoms with E-state index in [0.717, 1.165) is 56.1 Å². The second kappa shape index (κ2) is 8.44. The number of fused-ring (bicyclic) bond motifs is 1. The summed E-state index contributed by atoms with van der Waals surface area (Å²) in [7, 11) is 1.65. The van der Waals surface area contributed by atoms with Crippen molar-refractivity contribution in [3.05, 3.63) is 66.1 Å². The van der Waals surface area contributed by atoms with Crippen LogP contribution in [0.4, 0.5) is 0 Å². The molecule has 1 aliphatic heterocycles. The van der Waals surface area contributed by atoms with Gasteiger partial charge in [0.15, 0.2) is 0 Å². The van der Waals surface area contributed by atoms with Crippen molar-refractivity contribution in [2.24, 2.45) is 0 Å². The van der Waals surface area contributed by atoms with Gasteiger partial charge in [-0.3, -0.25) is 9.69 Å². The number of carbonyl (C=O) groups is 1. The number of ether oxygens (including phenoxy) is 1. The minimum Gasteiger partial charge on any atom is -0.496 e. The van der Waals surface area contributed by atoms with Crippen LogP contribution in [0, 0.1) is 0 Å². The van der Waals surface area contributed by atoms with Crippen LogP contribution >= 0.6 is 0 Å². The van der Waals surface area contributed by atoms with Crippen molar-refractivity contribution in [1.29, 1.82) is 0 Å². The SMILES string of the molecule is COc1ccccc1CC(=O)N1CCCN(Cc2ccc3nccn3c2)CC1. The number of carbonyl (C=O) groups excluding carboxylic acids is 1. The second-order valence-electron chi connectivity index (χ2n) is 7.23. The first kappa shape index (κ1) is 18.5. The Morgan fingerprint density at radius 1 is 1.11 bits per heavy atom. The highest BCUT2D eigenvalue weighted by atomic mass is 16.5. The Bertz CT molecular complexity index is 952. The van der Waals surface area contributed by atoms with Gasteiger partial charge in [-0.2, -0.15) is 0 Å². The highest BCUT2D eigenvalue weighted by Gasteiger charge is 2.20. The average molecular weight is 378 g/mol. The maximum Gasteiger partial charge on any atom is 0.227 e. The van der Waals surface area contributed by atoms with E-state index in [1.165, 1.54) is 5.56 Å². The van der Waals surface area contributed by atoms with Crippen LogP contribution in [0.1, 0.15) is 17.5 Å². The van der Waals surface area contributed by atoms with E-state index < -0.39 is 0 Å². The van der Waals surface area contributed by atoms with Crippen LogP contribution in [0.15, 0.2) is 55.0 Å². The number of hydrogen-bond donors (Lipinski definition) is 0. The van der Waals surface area contributed by atoms with Gasteiger partial charge < -0.3 is 14.0 Å². The third-order valence-corrected chi connectivity index (χ3v) is 5.33. The number of para-hydroxylation sites is 1. The first-order valence-corrected chi connectivity index (χ1v) is 9.76. The van der Waals surface area contributed by atoms with Gasteiger partial charge in [0, 0.05) is 56.9 Å². The van der Waals surface area contributed by atoms with Crippen LogP contribution in [0.25, 0.3) is 5.65 Å². The van der Waals surface area contributed by atoms with Gasteiger partial charge in [-0.05, 0) is 24.1 Å². The van der Waals surface area contributed by atoms with Crippen molar-refractivity contribution in [2.45, 2.75) is 19.4 Å². The van der Waals surface area contributed by atoms with Crippen molar-refractivity contribution in [3.63, 3.8) is 0 Å². The van der Waals surface area contributed by atoms with Gasteiger partial charge in [-0.15, -0.1) is 0 Å². The van der Waals surface area contributed by atoms with Crippen LogP contribution in [0.2, 0.25) is 0 Å². The maximum atomic E-state index is 12.8. The molecule has 0 bridgehead atoms. The number of amides is 1. The molecule has 6 heteroatoms. The predicted octanol–water partition coefficient (Wildman–Crippen LogP) is 2.62. The molecule has 3 heterocycles. The van der Waals surface area contributed by atoms with Crippen molar-refractivity contribution in [2.75, 3.05) is 33.3 Å². The summed E-state index contributed by atoms with van der Waals surface area (Å²) in [6.07, 6.45) is 7.31. The predicted molar refractivity (Wildman–Crippen MR) is 108 cm³/mol. The number of hydrogen-bond acceptors (Lipinski definition) is 4. The van der Waals surface area contributed by atoms with Gasteiger partial charge in [-0.25, -0.2) is 4.98 Å². The summed E-state index contributed by atoms with van der Waals surface area (Å²) in [6, 6.07) is 11.9. The Morgan fingerprint density at radius 2 is 2.00 bits per heavy atom. The number of rotatable bonds is 5. The molecule has 2 aromatic heterocycles. The lowest BCUT2D eigenvalue weighted by Gasteiger charge is -2.22. The quantitative estimate of drug-likeness (QED) is 0.685. The van der Waals surface area contributed by atoms with E-state index >= 15 is 0 Å². The van der Waals surface area contributed by atoms with Crippen LogP contribution in [0.5, 0.6) is 5.75 Å². The van der Waals surface area contributed by atoms with Crippen LogP contribution in [-0.2, 0) is 17.8 Å². The van der Waals surface area contributed by atoms with Crippen molar-refractivity contribution in [3.8, 4) is 5.75 Å². The highest BCUT2D eigenvalue weighted by Crippen LogP contribution is 2.19. The molecule has 1 aliphatic rings. The molecule has 28 heavy (non-hydrogen) atoms. The standard InChI is InChI=1S/C22H26N4O2/c1-28-20-6-3-2-5-19(20)15-22(27)25-11-4-10-24(13-14-25)16-18-7-8-21-23-9-12-26(21)17-18/h2-3,5-9,12,17H,4,10-11,13-16H2,1H3. The van der Waals surface area contributed by atoms with Gasteiger partial charge in [0.2, 0.25) is 5.91 Å². The lowest BCUT2D eigenvalue weighted by atomic mass is 10.1. The highest BCUT2D eigenvalue weighted by molar-refractivity contribution is 5.79. The molecule has 4 rings (SSSR count). The largest absolute Gasteiger partial charge is 0.496 e. The summed E-state index contributed by atoms with van der Waals surface area (Å²) in [5.74, 6) is 0.952. The number of benzene rings is 1. The third kappa shape index (κ3) is 4.17. The molecule has 146 valence electrons. The third-order valence-electron chi connectivity index (χ3n) is 5.33. The first-order chi connectivity index (χ1) is 13.7. The summed E-state index contributed by atoms with van der Waals surface area (Å²) in [6.45, 7) is 4.36. The van der Waals surface area contributed by atoms with Gasteiger partial charge in [0.05, 0.1) is 13.5 Å². The minimum absolute atomic E-state index is 0.172. The Balaban J connectivity index is 1.35. The van der Waals surface area contributed by atoms with Crippen LogP contribution in [-0.4, -0.2) is 58.4 Å². The second-order valence-corrected chi connectivity index (χ2v) is 7.23. The number of nitrogens with zero attached hydrogens (tertiary/aromatic N) is 4. The summed E-state index contributed by atoms with van der Waals surface area (Å²) >= 11 is 0. The normalized spacial score (nSPS) is 15.5. The molecule has 1 saturated heterocycles. The molecule has 0 atom stereocenters. The first-order valence-electron chi connectivity index (χ1n) is 9.76. The summed E-state index contributed by atoms with van der Waals surface area (Å²) in [4.78, 5) is 21.5. The van der Waals surface area contributed by atoms with Gasteiger partial charge >= 0.3 is 0 Å². The zero-order chi connectivity index (χ0) is 19.3. The molecule has 0 spiro atoms. The summed E-state index contributed by atoms with van der Waals surface area (Å²) in [5.41, 5.74) is 3.18. The number of pyridine rings is 1. The zero-order valence-electron chi connectivity index (χ0n) is 16.3. The Hall–Kier alpha value is -2.86. The molecule has 0 saturated carbocycles. The molecule has 0 aliphatic carbocycles. The number of aromatic nitrogens is 2. The topological polar surface area (TPSA) is 50.1 Å². The Kier molecular flexibility index (Phi) is 5.58. The van der Waals surface area contributed by atoms with Crippen molar-refractivity contribution in [1.82, 2.24) is 19.2 Å². The summed E-state index contributed by atoms with van der Waals surface area (Å²) < 4.78 is 7.43. The fraction of sp³-hybridized carbons (Fsp3) is 0.364. The van der Waals surface area contributed by atoms with E-state index in [-0.39, 0.29) is 5.91 Å². The molecule has 1 amide bonds. The fourth-order valence-electron chi connectivity index (χ4n) is 3.82. The number of imidazole rings is 1. The van der Waals surface area contributed by atoms with Crippen molar-refractivity contribution < 1.29 is 9.53 Å². The van der Waals surface area contributed by atoms with E-state index in [1.54, 1.807) is 7.11 Å². The zero-order valence-corrected chi connectivity index (χ0v) is 16.3. The molecular formula is C22H26N4O2. The fourth-order valence-corrected chi connectivity index (χ4v) is 3.82. The molecule has 3 aromatic rings. The average Bonchev–Trinajstić information content (AvgIpc) is 3.05. The van der Waals surface area contributed by atoms with E-state index in [4.69, 9.17) is 4.74 Å². The van der Waals surface area contributed by atoms with Crippen LogP contribution < -0.4 is 4.74 Å². The van der Waals surface area contributed by atoms with Gasteiger partial charge in [0.25, 0.3) is 0 Å².